The minimum absolute atomic E-state index is 0.0376. The predicted molar refractivity (Wildman–Crippen MR) is 115 cm³/mol. The van der Waals surface area contributed by atoms with Crippen LogP contribution >= 0.6 is 0 Å². The van der Waals surface area contributed by atoms with Gasteiger partial charge in [-0.15, -0.1) is 0 Å². The van der Waals surface area contributed by atoms with E-state index in [1.807, 2.05) is 9.80 Å². The Labute approximate surface area is 177 Å². The number of carboxylic acid groups (broad SMARTS) is 1. The van der Waals surface area contributed by atoms with E-state index in [1.54, 1.807) is 19.2 Å². The highest BCUT2D eigenvalue weighted by atomic mass is 32.2. The number of sulfonamides is 1. The molecule has 30 heavy (non-hydrogen) atoms. The molecule has 0 aromatic heterocycles. The van der Waals surface area contributed by atoms with Crippen LogP contribution in [0.15, 0.2) is 18.2 Å². The number of aromatic carboxylic acids is 1. The number of rotatable bonds is 11. The number of carbonyl (C=O) groups excluding carboxylic acids is 1. The Balaban J connectivity index is 1.96. The standard InChI is InChI=1S/C19H30N4O6S/c1-3-30(27,28)21-15-5-6-17(16(13-15)19(25)26)23-10-8-22(9-11-23)14-18(24)20-7-4-12-29-2/h5-6,13,21H,3-4,7-12,14H2,1-2H3,(H,20,24)(H,25,26). The number of piperazine rings is 1. The number of hydrogen-bond acceptors (Lipinski definition) is 7. The maximum atomic E-state index is 12.0. The Morgan fingerprint density at radius 3 is 2.50 bits per heavy atom. The van der Waals surface area contributed by atoms with Gasteiger partial charge in [0.15, 0.2) is 0 Å². The lowest BCUT2D eigenvalue weighted by Gasteiger charge is -2.36. The highest BCUT2D eigenvalue weighted by Gasteiger charge is 2.23. The SMILES string of the molecule is CCS(=O)(=O)Nc1ccc(N2CCN(CC(=O)NCCCOC)CC2)c(C(=O)O)c1. The Kier molecular flexibility index (Phi) is 8.88. The molecule has 0 spiro atoms. The summed E-state index contributed by atoms with van der Waals surface area (Å²) >= 11 is 0. The van der Waals surface area contributed by atoms with Gasteiger partial charge in [0.25, 0.3) is 0 Å². The molecule has 1 heterocycles. The van der Waals surface area contributed by atoms with Gasteiger partial charge in [0.1, 0.15) is 0 Å². The molecule has 0 unspecified atom stereocenters. The minimum atomic E-state index is -3.49. The molecule has 0 aliphatic carbocycles. The van der Waals surface area contributed by atoms with E-state index in [-0.39, 0.29) is 22.9 Å². The summed E-state index contributed by atoms with van der Waals surface area (Å²) in [6.07, 6.45) is 0.762. The zero-order valence-corrected chi connectivity index (χ0v) is 18.2. The molecule has 2 rings (SSSR count). The van der Waals surface area contributed by atoms with E-state index in [9.17, 15) is 23.1 Å². The van der Waals surface area contributed by atoms with Crippen LogP contribution in [0, 0.1) is 0 Å². The van der Waals surface area contributed by atoms with Gasteiger partial charge in [0.2, 0.25) is 15.9 Å². The topological polar surface area (TPSA) is 128 Å². The molecule has 1 aromatic carbocycles. The van der Waals surface area contributed by atoms with Crippen LogP contribution in [0.4, 0.5) is 11.4 Å². The molecule has 1 aliphatic heterocycles. The van der Waals surface area contributed by atoms with Gasteiger partial charge in [-0.25, -0.2) is 13.2 Å². The Bertz CT molecular complexity index is 837. The molecule has 1 aromatic rings. The van der Waals surface area contributed by atoms with E-state index in [2.05, 4.69) is 10.0 Å². The van der Waals surface area contributed by atoms with Crippen molar-refractivity contribution in [1.29, 1.82) is 0 Å². The van der Waals surface area contributed by atoms with Crippen molar-refractivity contribution in [3.63, 3.8) is 0 Å². The number of nitrogens with one attached hydrogen (secondary N) is 2. The van der Waals surface area contributed by atoms with Crippen LogP contribution in [-0.4, -0.2) is 89.0 Å². The summed E-state index contributed by atoms with van der Waals surface area (Å²) < 4.78 is 30.8. The number of nitrogens with zero attached hydrogens (tertiary/aromatic N) is 2. The van der Waals surface area contributed by atoms with Crippen molar-refractivity contribution in [2.75, 3.05) is 68.4 Å². The summed E-state index contributed by atoms with van der Waals surface area (Å²) in [6, 6.07) is 4.52. The van der Waals surface area contributed by atoms with E-state index >= 15 is 0 Å². The lowest BCUT2D eigenvalue weighted by Crippen LogP contribution is -2.50. The van der Waals surface area contributed by atoms with Crippen molar-refractivity contribution < 1.29 is 27.9 Å². The summed E-state index contributed by atoms with van der Waals surface area (Å²) in [5, 5.41) is 12.4. The van der Waals surface area contributed by atoms with Crippen molar-refractivity contribution >= 4 is 33.3 Å². The van der Waals surface area contributed by atoms with Crippen molar-refractivity contribution in [3.05, 3.63) is 23.8 Å². The second kappa shape index (κ2) is 11.1. The third-order valence-corrected chi connectivity index (χ3v) is 6.11. The highest BCUT2D eigenvalue weighted by Crippen LogP contribution is 2.26. The van der Waals surface area contributed by atoms with Crippen LogP contribution in [0.2, 0.25) is 0 Å². The Morgan fingerprint density at radius 1 is 1.20 bits per heavy atom. The molecular weight excluding hydrogens is 412 g/mol. The lowest BCUT2D eigenvalue weighted by atomic mass is 10.1. The third-order valence-electron chi connectivity index (χ3n) is 4.81. The number of hydrogen-bond donors (Lipinski definition) is 3. The third kappa shape index (κ3) is 7.15. The van der Waals surface area contributed by atoms with Crippen LogP contribution < -0.4 is 14.9 Å². The van der Waals surface area contributed by atoms with Crippen LogP contribution in [0.3, 0.4) is 0 Å². The van der Waals surface area contributed by atoms with Crippen LogP contribution in [-0.2, 0) is 19.6 Å². The zero-order valence-electron chi connectivity index (χ0n) is 17.4. The molecule has 1 aliphatic rings. The van der Waals surface area contributed by atoms with Crippen molar-refractivity contribution in [1.82, 2.24) is 10.2 Å². The van der Waals surface area contributed by atoms with Crippen LogP contribution in [0.25, 0.3) is 0 Å². The largest absolute Gasteiger partial charge is 0.478 e. The minimum Gasteiger partial charge on any atom is -0.478 e. The summed E-state index contributed by atoms with van der Waals surface area (Å²) in [5.74, 6) is -1.27. The molecule has 0 radical (unpaired) electrons. The zero-order chi connectivity index (χ0) is 22.1. The van der Waals surface area contributed by atoms with Gasteiger partial charge in [-0.2, -0.15) is 0 Å². The average molecular weight is 443 g/mol. The molecule has 10 nitrogen and oxygen atoms in total. The van der Waals surface area contributed by atoms with Crippen molar-refractivity contribution in [2.45, 2.75) is 13.3 Å². The van der Waals surface area contributed by atoms with Gasteiger partial charge in [0, 0.05) is 52.1 Å². The summed E-state index contributed by atoms with van der Waals surface area (Å²) in [7, 11) is -1.87. The second-order valence-electron chi connectivity index (χ2n) is 7.00. The Hall–Kier alpha value is -2.37. The number of carbonyl (C=O) groups is 2. The van der Waals surface area contributed by atoms with Crippen LogP contribution in [0.1, 0.15) is 23.7 Å². The normalized spacial score (nSPS) is 15.1. The molecule has 0 atom stereocenters. The molecule has 0 bridgehead atoms. The van der Waals surface area contributed by atoms with E-state index in [4.69, 9.17) is 4.74 Å². The first-order valence-corrected chi connectivity index (χ1v) is 11.5. The van der Waals surface area contributed by atoms with Gasteiger partial charge < -0.3 is 20.1 Å². The van der Waals surface area contributed by atoms with E-state index in [0.717, 1.165) is 6.42 Å². The summed E-state index contributed by atoms with van der Waals surface area (Å²) in [4.78, 5) is 27.7. The van der Waals surface area contributed by atoms with E-state index in [0.29, 0.717) is 51.6 Å². The first-order chi connectivity index (χ1) is 14.3. The maximum Gasteiger partial charge on any atom is 0.337 e. The maximum absolute atomic E-state index is 12.0. The number of methoxy groups -OCH3 is 1. The first-order valence-electron chi connectivity index (χ1n) is 9.86. The molecule has 1 fully saturated rings. The monoisotopic (exact) mass is 442 g/mol. The Morgan fingerprint density at radius 2 is 1.90 bits per heavy atom. The number of carboxylic acids is 1. The average Bonchev–Trinajstić information content (AvgIpc) is 2.71. The van der Waals surface area contributed by atoms with Crippen LogP contribution in [0.5, 0.6) is 0 Å². The fraction of sp³-hybridized carbons (Fsp3) is 0.579. The number of anilines is 2. The van der Waals surface area contributed by atoms with Gasteiger partial charge in [0.05, 0.1) is 23.5 Å². The summed E-state index contributed by atoms with van der Waals surface area (Å²) in [5.41, 5.74) is 0.794. The van der Waals surface area contributed by atoms with Gasteiger partial charge >= 0.3 is 5.97 Å². The predicted octanol–water partition coefficient (Wildman–Crippen LogP) is 0.421. The van der Waals surface area contributed by atoms with E-state index in [1.165, 1.54) is 13.0 Å². The lowest BCUT2D eigenvalue weighted by molar-refractivity contribution is -0.122. The quantitative estimate of drug-likeness (QED) is 0.421. The first kappa shape index (κ1) is 23.9. The molecular formula is C19H30N4O6S. The smallest absolute Gasteiger partial charge is 0.337 e. The number of ether oxygens (including phenoxy) is 1. The molecule has 1 saturated heterocycles. The van der Waals surface area contributed by atoms with Crippen molar-refractivity contribution in [3.8, 4) is 0 Å². The number of amides is 1. The number of benzene rings is 1. The molecule has 3 N–H and O–H groups in total. The van der Waals surface area contributed by atoms with Gasteiger partial charge in [-0.3, -0.25) is 14.4 Å². The molecule has 11 heteroatoms. The molecule has 168 valence electrons. The fourth-order valence-electron chi connectivity index (χ4n) is 3.15. The van der Waals surface area contributed by atoms with Gasteiger partial charge in [-0.1, -0.05) is 0 Å². The summed E-state index contributed by atoms with van der Waals surface area (Å²) in [6.45, 7) is 5.35. The van der Waals surface area contributed by atoms with Crippen molar-refractivity contribution in [2.24, 2.45) is 0 Å². The molecule has 1 amide bonds. The second-order valence-corrected chi connectivity index (χ2v) is 9.01. The highest BCUT2D eigenvalue weighted by molar-refractivity contribution is 7.92. The van der Waals surface area contributed by atoms with Gasteiger partial charge in [-0.05, 0) is 31.5 Å². The van der Waals surface area contributed by atoms with E-state index < -0.39 is 16.0 Å². The fourth-order valence-corrected chi connectivity index (χ4v) is 3.78. The molecule has 0 saturated carbocycles.